The molecular formula is C17H19NO3. The molecule has 0 unspecified atom stereocenters. The minimum Gasteiger partial charge on any atom is -0.394 e. The van der Waals surface area contributed by atoms with Gasteiger partial charge in [0.2, 0.25) is 0 Å². The Morgan fingerprint density at radius 1 is 1.10 bits per heavy atom. The highest BCUT2D eigenvalue weighted by Gasteiger charge is 2.34. The quantitative estimate of drug-likeness (QED) is 0.900. The van der Waals surface area contributed by atoms with E-state index in [1.165, 1.54) is 5.56 Å². The van der Waals surface area contributed by atoms with Crippen molar-refractivity contribution >= 4 is 0 Å². The van der Waals surface area contributed by atoms with Crippen molar-refractivity contribution < 1.29 is 14.9 Å². The van der Waals surface area contributed by atoms with Gasteiger partial charge in [-0.05, 0) is 17.7 Å². The fraction of sp³-hybridized carbons (Fsp3) is 0.353. The molecule has 3 atom stereocenters. The molecule has 2 heterocycles. The fourth-order valence-electron chi connectivity index (χ4n) is 2.66. The van der Waals surface area contributed by atoms with Crippen LogP contribution in [0.3, 0.4) is 0 Å². The summed E-state index contributed by atoms with van der Waals surface area (Å²) in [7, 11) is 0. The lowest BCUT2D eigenvalue weighted by Crippen LogP contribution is -2.24. The Bertz CT molecular complexity index is 588. The Labute approximate surface area is 124 Å². The lowest BCUT2D eigenvalue weighted by atomic mass is 10.1. The van der Waals surface area contributed by atoms with E-state index in [9.17, 15) is 5.11 Å². The molecule has 1 saturated heterocycles. The van der Waals surface area contributed by atoms with Crippen LogP contribution in [0, 0.1) is 0 Å². The molecule has 21 heavy (non-hydrogen) atoms. The van der Waals surface area contributed by atoms with Crippen molar-refractivity contribution in [3.8, 4) is 0 Å². The van der Waals surface area contributed by atoms with Crippen molar-refractivity contribution in [1.29, 1.82) is 0 Å². The fourth-order valence-corrected chi connectivity index (χ4v) is 2.66. The van der Waals surface area contributed by atoms with Crippen LogP contribution in [0.5, 0.6) is 0 Å². The summed E-state index contributed by atoms with van der Waals surface area (Å²) >= 11 is 0. The van der Waals surface area contributed by atoms with Gasteiger partial charge in [0.1, 0.15) is 12.2 Å². The number of pyridine rings is 1. The van der Waals surface area contributed by atoms with Crippen LogP contribution in [0.25, 0.3) is 0 Å². The average Bonchev–Trinajstić information content (AvgIpc) is 2.90. The Morgan fingerprint density at radius 3 is 2.62 bits per heavy atom. The predicted octanol–water partition coefficient (Wildman–Crippen LogP) is 1.86. The van der Waals surface area contributed by atoms with E-state index in [1.807, 2.05) is 36.4 Å². The van der Waals surface area contributed by atoms with Crippen LogP contribution in [0.1, 0.15) is 29.5 Å². The van der Waals surface area contributed by atoms with Crippen LogP contribution >= 0.6 is 0 Å². The van der Waals surface area contributed by atoms with Gasteiger partial charge in [-0.25, -0.2) is 0 Å². The number of aliphatic hydroxyl groups is 2. The van der Waals surface area contributed by atoms with Gasteiger partial charge >= 0.3 is 0 Å². The van der Waals surface area contributed by atoms with E-state index < -0.39 is 12.2 Å². The van der Waals surface area contributed by atoms with E-state index >= 15 is 0 Å². The standard InChI is InChI=1S/C17H19NO3/c19-11-17-15(20)10-16(21-17)14-8-4-7-13(18-14)9-12-5-2-1-3-6-12/h1-8,15-17,19-20H,9-11H2/t15-,16+,17+/m0/s1. The van der Waals surface area contributed by atoms with Crippen molar-refractivity contribution in [3.63, 3.8) is 0 Å². The maximum absolute atomic E-state index is 9.81. The summed E-state index contributed by atoms with van der Waals surface area (Å²) in [5, 5.41) is 19.0. The lowest BCUT2D eigenvalue weighted by Gasteiger charge is -2.12. The van der Waals surface area contributed by atoms with Crippen molar-refractivity contribution in [3.05, 3.63) is 65.5 Å². The molecule has 0 saturated carbocycles. The number of nitrogens with zero attached hydrogens (tertiary/aromatic N) is 1. The zero-order valence-electron chi connectivity index (χ0n) is 11.7. The molecule has 1 aliphatic rings. The average molecular weight is 285 g/mol. The Kier molecular flexibility index (Phi) is 4.29. The normalized spacial score (nSPS) is 25.1. The number of ether oxygens (including phenoxy) is 1. The molecule has 1 aliphatic heterocycles. The third-order valence-electron chi connectivity index (χ3n) is 3.79. The summed E-state index contributed by atoms with van der Waals surface area (Å²) in [6, 6.07) is 16.0. The molecule has 0 radical (unpaired) electrons. The van der Waals surface area contributed by atoms with Crippen molar-refractivity contribution in [1.82, 2.24) is 4.98 Å². The van der Waals surface area contributed by atoms with E-state index in [-0.39, 0.29) is 12.7 Å². The maximum Gasteiger partial charge on any atom is 0.107 e. The molecule has 3 rings (SSSR count). The van der Waals surface area contributed by atoms with Crippen LogP contribution in [0.4, 0.5) is 0 Å². The van der Waals surface area contributed by atoms with E-state index in [1.54, 1.807) is 0 Å². The Morgan fingerprint density at radius 2 is 1.90 bits per heavy atom. The van der Waals surface area contributed by atoms with E-state index in [0.717, 1.165) is 17.8 Å². The van der Waals surface area contributed by atoms with Gasteiger partial charge in [0.15, 0.2) is 0 Å². The van der Waals surface area contributed by atoms with Gasteiger partial charge in [-0.3, -0.25) is 4.98 Å². The van der Waals surface area contributed by atoms with Crippen molar-refractivity contribution in [2.75, 3.05) is 6.61 Å². The molecule has 4 nitrogen and oxygen atoms in total. The molecule has 1 fully saturated rings. The summed E-state index contributed by atoms with van der Waals surface area (Å²) in [6.07, 6.45) is -0.123. The molecule has 2 aromatic rings. The van der Waals surface area contributed by atoms with Gasteiger partial charge < -0.3 is 14.9 Å². The summed E-state index contributed by atoms with van der Waals surface area (Å²) in [5.41, 5.74) is 3.01. The molecule has 4 heteroatoms. The number of aliphatic hydroxyl groups excluding tert-OH is 2. The summed E-state index contributed by atoms with van der Waals surface area (Å²) < 4.78 is 5.65. The Balaban J connectivity index is 1.75. The number of hydrogen-bond donors (Lipinski definition) is 2. The molecule has 0 spiro atoms. The summed E-state index contributed by atoms with van der Waals surface area (Å²) in [4.78, 5) is 4.64. The van der Waals surface area contributed by atoms with Gasteiger partial charge in [0, 0.05) is 18.5 Å². The highest BCUT2D eigenvalue weighted by Crippen LogP contribution is 2.32. The van der Waals surface area contributed by atoms with Gasteiger partial charge in [0.25, 0.3) is 0 Å². The van der Waals surface area contributed by atoms with Crippen LogP contribution in [-0.2, 0) is 11.2 Å². The SMILES string of the molecule is OC[C@H]1O[C@@H](c2cccc(Cc3ccccc3)n2)C[C@@H]1O. The van der Waals surface area contributed by atoms with Gasteiger partial charge in [-0.15, -0.1) is 0 Å². The zero-order chi connectivity index (χ0) is 14.7. The third-order valence-corrected chi connectivity index (χ3v) is 3.79. The number of hydrogen-bond acceptors (Lipinski definition) is 4. The second-order valence-corrected chi connectivity index (χ2v) is 5.36. The van der Waals surface area contributed by atoms with E-state index in [4.69, 9.17) is 9.84 Å². The first kappa shape index (κ1) is 14.2. The second kappa shape index (κ2) is 6.35. The smallest absolute Gasteiger partial charge is 0.107 e. The maximum atomic E-state index is 9.81. The van der Waals surface area contributed by atoms with Crippen LogP contribution in [-0.4, -0.2) is 34.0 Å². The minimum atomic E-state index is -0.625. The minimum absolute atomic E-state index is 0.165. The molecule has 1 aromatic carbocycles. The monoisotopic (exact) mass is 285 g/mol. The van der Waals surface area contributed by atoms with Crippen LogP contribution in [0.15, 0.2) is 48.5 Å². The number of rotatable bonds is 4. The highest BCUT2D eigenvalue weighted by molar-refractivity contribution is 5.23. The van der Waals surface area contributed by atoms with E-state index in [0.29, 0.717) is 6.42 Å². The molecule has 0 amide bonds. The first-order valence-corrected chi connectivity index (χ1v) is 7.20. The second-order valence-electron chi connectivity index (χ2n) is 5.36. The number of benzene rings is 1. The molecule has 1 aromatic heterocycles. The van der Waals surface area contributed by atoms with Crippen LogP contribution < -0.4 is 0 Å². The summed E-state index contributed by atoms with van der Waals surface area (Å²) in [5.74, 6) is 0. The molecule has 110 valence electrons. The first-order valence-electron chi connectivity index (χ1n) is 7.20. The molecule has 0 aliphatic carbocycles. The largest absolute Gasteiger partial charge is 0.394 e. The Hall–Kier alpha value is -1.75. The third kappa shape index (κ3) is 3.29. The van der Waals surface area contributed by atoms with Gasteiger partial charge in [-0.1, -0.05) is 36.4 Å². The summed E-state index contributed by atoms with van der Waals surface area (Å²) in [6.45, 7) is -0.165. The van der Waals surface area contributed by atoms with Gasteiger partial charge in [-0.2, -0.15) is 0 Å². The number of aromatic nitrogens is 1. The topological polar surface area (TPSA) is 62.6 Å². The predicted molar refractivity (Wildman–Crippen MR) is 78.8 cm³/mol. The lowest BCUT2D eigenvalue weighted by molar-refractivity contribution is -0.0236. The van der Waals surface area contributed by atoms with E-state index in [2.05, 4.69) is 17.1 Å². The first-order chi connectivity index (χ1) is 10.3. The highest BCUT2D eigenvalue weighted by atomic mass is 16.5. The zero-order valence-corrected chi connectivity index (χ0v) is 11.7. The molecular weight excluding hydrogens is 266 g/mol. The molecule has 2 N–H and O–H groups in total. The van der Waals surface area contributed by atoms with Crippen LogP contribution in [0.2, 0.25) is 0 Å². The van der Waals surface area contributed by atoms with Crippen molar-refractivity contribution in [2.45, 2.75) is 31.2 Å². The molecule has 0 bridgehead atoms. The van der Waals surface area contributed by atoms with Gasteiger partial charge in [0.05, 0.1) is 18.4 Å². The van der Waals surface area contributed by atoms with Crippen molar-refractivity contribution in [2.24, 2.45) is 0 Å².